The Labute approximate surface area is 185 Å². The molecular weight excluding hydrogens is 472 g/mol. The van der Waals surface area contributed by atoms with E-state index in [4.69, 9.17) is 10.5 Å². The lowest BCUT2D eigenvalue weighted by atomic mass is 10.2. The predicted molar refractivity (Wildman–Crippen MR) is 118 cm³/mol. The van der Waals surface area contributed by atoms with Crippen molar-refractivity contribution in [3.63, 3.8) is 0 Å². The number of nitrogens with two attached hydrogens (primary N) is 1. The summed E-state index contributed by atoms with van der Waals surface area (Å²) < 4.78 is 34.6. The van der Waals surface area contributed by atoms with Gasteiger partial charge < -0.3 is 15.4 Å². The monoisotopic (exact) mass is 496 g/mol. The van der Waals surface area contributed by atoms with E-state index in [0.717, 1.165) is 10.0 Å². The van der Waals surface area contributed by atoms with Crippen LogP contribution in [-0.4, -0.2) is 51.2 Å². The van der Waals surface area contributed by atoms with Crippen LogP contribution in [0.4, 0.5) is 5.82 Å². The van der Waals surface area contributed by atoms with Crippen LogP contribution in [0.15, 0.2) is 45.9 Å². The van der Waals surface area contributed by atoms with E-state index in [1.807, 2.05) is 36.1 Å². The van der Waals surface area contributed by atoms with Gasteiger partial charge in [-0.2, -0.15) is 0 Å². The summed E-state index contributed by atoms with van der Waals surface area (Å²) in [5, 5.41) is 0. The van der Waals surface area contributed by atoms with Gasteiger partial charge in [-0.1, -0.05) is 28.1 Å². The van der Waals surface area contributed by atoms with Crippen molar-refractivity contribution in [2.24, 2.45) is 5.73 Å². The molecule has 3 rings (SSSR count). The first-order valence-electron chi connectivity index (χ1n) is 9.56. The van der Waals surface area contributed by atoms with Crippen molar-refractivity contribution < 1.29 is 17.9 Å². The molecule has 1 saturated heterocycles. The third kappa shape index (κ3) is 5.57. The molecule has 1 aromatic heterocycles. The molecule has 2 unspecified atom stereocenters. The molecule has 0 aliphatic carbocycles. The lowest BCUT2D eigenvalue weighted by Gasteiger charge is -2.36. The maximum atomic E-state index is 12.7. The highest BCUT2D eigenvalue weighted by atomic mass is 79.9. The van der Waals surface area contributed by atoms with Crippen LogP contribution in [0, 0.1) is 6.92 Å². The Hall–Kier alpha value is -2.01. The molecular formula is C20H25BrN4O4S. The quantitative estimate of drug-likeness (QED) is 0.603. The Kier molecular flexibility index (Phi) is 7.12. The number of amides is 1. The Morgan fingerprint density at radius 1 is 1.37 bits per heavy atom. The number of nitrogens with zero attached hydrogens (tertiary/aromatic N) is 2. The molecule has 1 aliphatic heterocycles. The van der Waals surface area contributed by atoms with Crippen molar-refractivity contribution >= 4 is 37.7 Å². The minimum Gasteiger partial charge on any atom is -0.367 e. The molecule has 162 valence electrons. The van der Waals surface area contributed by atoms with Gasteiger partial charge in [-0.15, -0.1) is 0 Å². The summed E-state index contributed by atoms with van der Waals surface area (Å²) in [6.07, 6.45) is 1.01. The van der Waals surface area contributed by atoms with Crippen LogP contribution < -0.4 is 15.4 Å². The van der Waals surface area contributed by atoms with Crippen LogP contribution in [0.1, 0.15) is 18.1 Å². The Balaban J connectivity index is 1.69. The standard InChI is InChI=1S/C20H25BrN4O4S/c1-13-8-19(25-11-14(2)29-17(12-25)20(22)26)23-10-18(13)30(27,28)24-7-6-15-4-3-5-16(21)9-15/h3-5,8-10,14,17,24H,6-7,11-12H2,1-2H3,(H2,22,26). The van der Waals surface area contributed by atoms with Crippen LogP contribution in [0.5, 0.6) is 0 Å². The van der Waals surface area contributed by atoms with Gasteiger partial charge in [0.1, 0.15) is 10.7 Å². The summed E-state index contributed by atoms with van der Waals surface area (Å²) in [5.74, 6) is 0.0547. The number of nitrogens with one attached hydrogen (secondary N) is 1. The fourth-order valence-corrected chi connectivity index (χ4v) is 5.03. The topological polar surface area (TPSA) is 115 Å². The van der Waals surface area contributed by atoms with Crippen molar-refractivity contribution in [2.45, 2.75) is 37.4 Å². The van der Waals surface area contributed by atoms with Crippen molar-refractivity contribution in [2.75, 3.05) is 24.5 Å². The number of carbonyl (C=O) groups excluding carboxylic acids is 1. The smallest absolute Gasteiger partial charge is 0.248 e. The van der Waals surface area contributed by atoms with Gasteiger partial charge in [0.2, 0.25) is 15.9 Å². The highest BCUT2D eigenvalue weighted by Crippen LogP contribution is 2.23. The van der Waals surface area contributed by atoms with Crippen molar-refractivity contribution in [1.82, 2.24) is 9.71 Å². The van der Waals surface area contributed by atoms with E-state index >= 15 is 0 Å². The normalized spacial score (nSPS) is 19.6. The molecule has 1 aromatic carbocycles. The molecule has 2 atom stereocenters. The summed E-state index contributed by atoms with van der Waals surface area (Å²) >= 11 is 3.41. The second-order valence-corrected chi connectivity index (χ2v) is 9.98. The van der Waals surface area contributed by atoms with Gasteiger partial charge in [0.15, 0.2) is 6.10 Å². The van der Waals surface area contributed by atoms with Crippen LogP contribution in [-0.2, 0) is 26.0 Å². The van der Waals surface area contributed by atoms with Crippen molar-refractivity contribution in [3.8, 4) is 0 Å². The number of aromatic nitrogens is 1. The van der Waals surface area contributed by atoms with Gasteiger partial charge in [0, 0.05) is 23.8 Å². The van der Waals surface area contributed by atoms with E-state index in [1.54, 1.807) is 13.0 Å². The number of primary amides is 1. The molecule has 1 fully saturated rings. The number of rotatable bonds is 7. The number of ether oxygens (including phenoxy) is 1. The number of sulfonamides is 1. The number of aryl methyl sites for hydroxylation is 1. The first-order chi connectivity index (χ1) is 14.2. The minimum absolute atomic E-state index is 0.133. The van der Waals surface area contributed by atoms with E-state index in [1.165, 1.54) is 6.20 Å². The minimum atomic E-state index is -3.70. The summed E-state index contributed by atoms with van der Waals surface area (Å²) in [6.45, 7) is 4.67. The van der Waals surface area contributed by atoms with E-state index < -0.39 is 22.0 Å². The van der Waals surface area contributed by atoms with E-state index in [9.17, 15) is 13.2 Å². The van der Waals surface area contributed by atoms with Gasteiger partial charge in [-0.25, -0.2) is 18.1 Å². The van der Waals surface area contributed by atoms with E-state index in [-0.39, 0.29) is 24.1 Å². The third-order valence-electron chi connectivity index (χ3n) is 4.83. The highest BCUT2D eigenvalue weighted by Gasteiger charge is 2.30. The average molecular weight is 497 g/mol. The first-order valence-corrected chi connectivity index (χ1v) is 11.8. The highest BCUT2D eigenvalue weighted by molar-refractivity contribution is 9.10. The Morgan fingerprint density at radius 2 is 2.13 bits per heavy atom. The van der Waals surface area contributed by atoms with Crippen LogP contribution in [0.3, 0.4) is 0 Å². The lowest BCUT2D eigenvalue weighted by molar-refractivity contribution is -0.133. The number of hydrogen-bond donors (Lipinski definition) is 2. The fourth-order valence-electron chi connectivity index (χ4n) is 3.38. The molecule has 30 heavy (non-hydrogen) atoms. The zero-order chi connectivity index (χ0) is 21.9. The Bertz CT molecular complexity index is 1030. The second kappa shape index (κ2) is 9.42. The lowest BCUT2D eigenvalue weighted by Crippen LogP contribution is -2.52. The largest absolute Gasteiger partial charge is 0.367 e. The molecule has 8 nitrogen and oxygen atoms in total. The van der Waals surface area contributed by atoms with Crippen LogP contribution in [0.2, 0.25) is 0 Å². The molecule has 0 spiro atoms. The van der Waals surface area contributed by atoms with Gasteiger partial charge >= 0.3 is 0 Å². The number of hydrogen-bond acceptors (Lipinski definition) is 6. The molecule has 3 N–H and O–H groups in total. The fraction of sp³-hybridized carbons (Fsp3) is 0.400. The predicted octanol–water partition coefficient (Wildman–Crippen LogP) is 1.75. The number of carbonyl (C=O) groups is 1. The summed E-state index contributed by atoms with van der Waals surface area (Å²) in [7, 11) is -3.70. The number of morpholine rings is 1. The van der Waals surface area contributed by atoms with Crippen LogP contribution >= 0.6 is 15.9 Å². The number of benzene rings is 1. The van der Waals surface area contributed by atoms with E-state index in [0.29, 0.717) is 24.3 Å². The molecule has 1 aliphatic rings. The first kappa shape index (κ1) is 22.7. The zero-order valence-corrected chi connectivity index (χ0v) is 19.2. The number of anilines is 1. The van der Waals surface area contributed by atoms with Gasteiger partial charge in [-0.3, -0.25) is 4.79 Å². The summed E-state index contributed by atoms with van der Waals surface area (Å²) in [4.78, 5) is 17.9. The van der Waals surface area contributed by atoms with Gasteiger partial charge in [0.25, 0.3) is 0 Å². The van der Waals surface area contributed by atoms with Gasteiger partial charge in [0.05, 0.1) is 12.6 Å². The van der Waals surface area contributed by atoms with E-state index in [2.05, 4.69) is 25.6 Å². The average Bonchev–Trinajstić information content (AvgIpc) is 2.67. The molecule has 2 heterocycles. The molecule has 0 bridgehead atoms. The third-order valence-corrected chi connectivity index (χ3v) is 6.92. The van der Waals surface area contributed by atoms with Crippen molar-refractivity contribution in [3.05, 3.63) is 52.1 Å². The second-order valence-electron chi connectivity index (χ2n) is 7.33. The maximum Gasteiger partial charge on any atom is 0.248 e. The van der Waals surface area contributed by atoms with Gasteiger partial charge in [-0.05, 0) is 49.6 Å². The molecule has 0 radical (unpaired) electrons. The summed E-state index contributed by atoms with van der Waals surface area (Å²) in [6, 6.07) is 9.45. The Morgan fingerprint density at radius 3 is 2.80 bits per heavy atom. The number of pyridine rings is 1. The molecule has 10 heteroatoms. The zero-order valence-electron chi connectivity index (χ0n) is 16.8. The van der Waals surface area contributed by atoms with Crippen molar-refractivity contribution in [1.29, 1.82) is 0 Å². The van der Waals surface area contributed by atoms with Crippen LogP contribution in [0.25, 0.3) is 0 Å². The molecule has 2 aromatic rings. The SMILES string of the molecule is Cc1cc(N2CC(C)OC(C(N)=O)C2)ncc1S(=O)(=O)NCCc1cccc(Br)c1. The maximum absolute atomic E-state index is 12.7. The summed E-state index contributed by atoms with van der Waals surface area (Å²) in [5.41, 5.74) is 6.98. The number of halogens is 1. The molecule has 0 saturated carbocycles. The molecule has 1 amide bonds.